The van der Waals surface area contributed by atoms with Crippen LogP contribution in [0.1, 0.15) is 16.7 Å². The van der Waals surface area contributed by atoms with E-state index >= 15 is 0 Å². The first kappa shape index (κ1) is 18.5. The Bertz CT molecular complexity index is 755. The van der Waals surface area contributed by atoms with Gasteiger partial charge in [-0.15, -0.1) is 12.4 Å². The number of ether oxygens (including phenoxy) is 1. The summed E-state index contributed by atoms with van der Waals surface area (Å²) in [6.45, 7) is 0.382. The normalized spacial score (nSPS) is 15.2. The van der Waals surface area contributed by atoms with Crippen molar-refractivity contribution in [1.29, 1.82) is 0 Å². The summed E-state index contributed by atoms with van der Waals surface area (Å²) in [7, 11) is 0. The highest BCUT2D eigenvalue weighted by atomic mass is 35.5. The molecule has 1 heterocycles. The van der Waals surface area contributed by atoms with Crippen LogP contribution in [0.4, 0.5) is 4.39 Å². The molecule has 0 saturated carbocycles. The molecule has 1 aliphatic heterocycles. The summed E-state index contributed by atoms with van der Waals surface area (Å²) < 4.78 is 19.5. The van der Waals surface area contributed by atoms with Crippen LogP contribution in [0.2, 0.25) is 5.02 Å². The lowest BCUT2D eigenvalue weighted by molar-refractivity contribution is -0.127. The van der Waals surface area contributed by atoms with E-state index in [9.17, 15) is 9.18 Å². The van der Waals surface area contributed by atoms with E-state index in [0.717, 1.165) is 5.56 Å². The summed E-state index contributed by atoms with van der Waals surface area (Å²) in [5.41, 5.74) is 7.49. The Hall–Kier alpha value is -1.82. The molecule has 0 aromatic heterocycles. The lowest BCUT2D eigenvalue weighted by Crippen LogP contribution is -2.37. The second-order valence-electron chi connectivity index (χ2n) is 5.41. The van der Waals surface area contributed by atoms with Crippen LogP contribution in [0.25, 0.3) is 0 Å². The molecule has 4 nitrogen and oxygen atoms in total. The topological polar surface area (TPSA) is 64.3 Å². The van der Waals surface area contributed by atoms with Gasteiger partial charge in [0.2, 0.25) is 0 Å². The molecule has 2 aromatic carbocycles. The van der Waals surface area contributed by atoms with Crippen LogP contribution < -0.4 is 15.8 Å². The minimum Gasteiger partial charge on any atom is -0.480 e. The van der Waals surface area contributed by atoms with E-state index < -0.39 is 6.10 Å². The molecule has 0 radical (unpaired) electrons. The first-order valence-corrected chi connectivity index (χ1v) is 7.65. The van der Waals surface area contributed by atoms with Crippen LogP contribution in [0.3, 0.4) is 0 Å². The zero-order valence-electron chi connectivity index (χ0n) is 12.7. The summed E-state index contributed by atoms with van der Waals surface area (Å²) in [6.07, 6.45) is -0.161. The van der Waals surface area contributed by atoms with Crippen molar-refractivity contribution in [2.75, 3.05) is 0 Å². The molecule has 1 aliphatic rings. The number of rotatable bonds is 4. The molecule has 3 N–H and O–H groups in total. The molecule has 0 spiro atoms. The number of fused-ring (bicyclic) bond motifs is 1. The second-order valence-corrected chi connectivity index (χ2v) is 5.85. The molecule has 0 saturated heterocycles. The number of carbonyl (C=O) groups excluding carboxylic acids is 1. The molecule has 3 rings (SSSR count). The van der Waals surface area contributed by atoms with Gasteiger partial charge in [-0.1, -0.05) is 23.7 Å². The molecule has 0 bridgehead atoms. The van der Waals surface area contributed by atoms with Gasteiger partial charge >= 0.3 is 0 Å². The first-order valence-electron chi connectivity index (χ1n) is 7.27. The third-order valence-corrected chi connectivity index (χ3v) is 4.03. The predicted octanol–water partition coefficient (Wildman–Crippen LogP) is 2.98. The SMILES string of the molecule is Cl.NCc1ccc(CNC(=O)C2Cc3cc(Cl)ccc3O2)c(F)c1. The van der Waals surface area contributed by atoms with Crippen molar-refractivity contribution in [1.82, 2.24) is 5.32 Å². The zero-order chi connectivity index (χ0) is 16.4. The fourth-order valence-electron chi connectivity index (χ4n) is 2.52. The molecule has 1 unspecified atom stereocenters. The maximum atomic E-state index is 13.9. The van der Waals surface area contributed by atoms with Crippen molar-refractivity contribution in [3.8, 4) is 5.75 Å². The Labute approximate surface area is 150 Å². The number of nitrogens with two attached hydrogens (primary N) is 1. The largest absolute Gasteiger partial charge is 0.480 e. The molecular formula is C17H17Cl2FN2O2. The molecule has 7 heteroatoms. The number of nitrogens with one attached hydrogen (secondary N) is 1. The van der Waals surface area contributed by atoms with Crippen molar-refractivity contribution in [2.45, 2.75) is 25.6 Å². The molecule has 2 aromatic rings. The number of halogens is 3. The fraction of sp³-hybridized carbons (Fsp3) is 0.235. The highest BCUT2D eigenvalue weighted by Gasteiger charge is 2.29. The fourth-order valence-corrected chi connectivity index (χ4v) is 2.72. The lowest BCUT2D eigenvalue weighted by Gasteiger charge is -2.12. The summed E-state index contributed by atoms with van der Waals surface area (Å²) >= 11 is 5.93. The highest BCUT2D eigenvalue weighted by molar-refractivity contribution is 6.30. The van der Waals surface area contributed by atoms with Crippen LogP contribution in [0, 0.1) is 5.82 Å². The van der Waals surface area contributed by atoms with E-state index in [-0.39, 0.29) is 37.2 Å². The van der Waals surface area contributed by atoms with Crippen LogP contribution in [-0.2, 0) is 24.3 Å². The van der Waals surface area contributed by atoms with Gasteiger partial charge in [-0.3, -0.25) is 4.79 Å². The molecule has 0 aliphatic carbocycles. The molecule has 24 heavy (non-hydrogen) atoms. The molecule has 1 amide bonds. The summed E-state index contributed by atoms with van der Waals surface area (Å²) in [5.74, 6) is 0.00307. The molecule has 0 fully saturated rings. The average Bonchev–Trinajstić information content (AvgIpc) is 2.96. The third-order valence-electron chi connectivity index (χ3n) is 3.80. The summed E-state index contributed by atoms with van der Waals surface area (Å²) in [4.78, 5) is 12.2. The number of hydrogen-bond donors (Lipinski definition) is 2. The van der Waals surface area contributed by atoms with Gasteiger partial charge in [-0.2, -0.15) is 0 Å². The first-order chi connectivity index (χ1) is 11.1. The van der Waals surface area contributed by atoms with E-state index in [4.69, 9.17) is 22.1 Å². The van der Waals surface area contributed by atoms with Crippen LogP contribution in [0.15, 0.2) is 36.4 Å². The zero-order valence-corrected chi connectivity index (χ0v) is 14.3. The Kier molecular flexibility index (Phi) is 6.04. The third kappa shape index (κ3) is 3.98. The Morgan fingerprint density at radius 1 is 1.33 bits per heavy atom. The maximum absolute atomic E-state index is 13.9. The van der Waals surface area contributed by atoms with Gasteiger partial charge < -0.3 is 15.8 Å². The van der Waals surface area contributed by atoms with E-state index in [1.165, 1.54) is 6.07 Å². The molecular weight excluding hydrogens is 354 g/mol. The minimum atomic E-state index is -0.616. The van der Waals surface area contributed by atoms with Crippen LogP contribution in [0.5, 0.6) is 5.75 Å². The van der Waals surface area contributed by atoms with Gasteiger partial charge in [0.15, 0.2) is 6.10 Å². The maximum Gasteiger partial charge on any atom is 0.261 e. The number of amides is 1. The molecule has 128 valence electrons. The standard InChI is InChI=1S/C17H16ClFN2O2.ClH/c18-13-3-4-15-12(6-13)7-16(23-15)17(22)21-9-11-2-1-10(8-20)5-14(11)19;/h1-6,16H,7-9,20H2,(H,21,22);1H. The van der Waals surface area contributed by atoms with Crippen LogP contribution in [-0.4, -0.2) is 12.0 Å². The average molecular weight is 371 g/mol. The van der Waals surface area contributed by atoms with Crippen molar-refractivity contribution in [2.24, 2.45) is 5.73 Å². The minimum absolute atomic E-state index is 0. The number of hydrogen-bond acceptors (Lipinski definition) is 3. The van der Waals surface area contributed by atoms with Crippen molar-refractivity contribution in [3.63, 3.8) is 0 Å². The van der Waals surface area contributed by atoms with Gasteiger partial charge in [0, 0.05) is 30.1 Å². The summed E-state index contributed by atoms with van der Waals surface area (Å²) in [6, 6.07) is 10.0. The molecule has 1 atom stereocenters. The van der Waals surface area contributed by atoms with Gasteiger partial charge in [0.25, 0.3) is 5.91 Å². The van der Waals surface area contributed by atoms with Gasteiger partial charge in [-0.05, 0) is 35.4 Å². The van der Waals surface area contributed by atoms with Crippen molar-refractivity contribution >= 4 is 29.9 Å². The Morgan fingerprint density at radius 2 is 2.12 bits per heavy atom. The van der Waals surface area contributed by atoms with Crippen molar-refractivity contribution in [3.05, 3.63) is 63.9 Å². The van der Waals surface area contributed by atoms with E-state index in [1.807, 2.05) is 0 Å². The predicted molar refractivity (Wildman–Crippen MR) is 93.0 cm³/mol. The van der Waals surface area contributed by atoms with Gasteiger partial charge in [-0.25, -0.2) is 4.39 Å². The monoisotopic (exact) mass is 370 g/mol. The smallest absolute Gasteiger partial charge is 0.261 e. The Morgan fingerprint density at radius 3 is 2.83 bits per heavy atom. The number of carbonyl (C=O) groups is 1. The van der Waals surface area contributed by atoms with E-state index in [2.05, 4.69) is 5.32 Å². The van der Waals surface area contributed by atoms with E-state index in [1.54, 1.807) is 30.3 Å². The lowest BCUT2D eigenvalue weighted by atomic mass is 10.1. The highest BCUT2D eigenvalue weighted by Crippen LogP contribution is 2.31. The van der Waals surface area contributed by atoms with Crippen molar-refractivity contribution < 1.29 is 13.9 Å². The summed E-state index contributed by atoms with van der Waals surface area (Å²) in [5, 5.41) is 3.31. The quantitative estimate of drug-likeness (QED) is 0.869. The number of benzene rings is 2. The van der Waals surface area contributed by atoms with Crippen LogP contribution >= 0.6 is 24.0 Å². The van der Waals surface area contributed by atoms with E-state index in [0.29, 0.717) is 28.3 Å². The van der Waals surface area contributed by atoms with Gasteiger partial charge in [0.1, 0.15) is 11.6 Å². The second kappa shape index (κ2) is 7.83. The Balaban J connectivity index is 0.00000208. The van der Waals surface area contributed by atoms with Gasteiger partial charge in [0.05, 0.1) is 0 Å².